The van der Waals surface area contributed by atoms with Gasteiger partial charge in [-0.2, -0.15) is 0 Å². The molecule has 0 aliphatic rings. The minimum absolute atomic E-state index is 0. The van der Waals surface area contributed by atoms with Gasteiger partial charge in [0.05, 0.1) is 0 Å². The molecule has 0 N–H and O–H groups in total. The summed E-state index contributed by atoms with van der Waals surface area (Å²) in [5, 5.41) is 0. The van der Waals surface area contributed by atoms with Gasteiger partial charge in [0, 0.05) is 0 Å². The summed E-state index contributed by atoms with van der Waals surface area (Å²) >= 11 is -20.4. The van der Waals surface area contributed by atoms with Gasteiger partial charge in [0.1, 0.15) is 0 Å². The zero-order valence-electron chi connectivity index (χ0n) is 9.83. The van der Waals surface area contributed by atoms with Crippen LogP contribution in [0.3, 0.4) is 0 Å². The summed E-state index contributed by atoms with van der Waals surface area (Å²) in [6.07, 6.45) is 0. The first-order chi connectivity index (χ1) is 8.66. The van der Waals surface area contributed by atoms with Crippen LogP contribution in [0.15, 0.2) is 0 Å². The monoisotopic (exact) mass is 955 g/mol. The molecule has 0 saturated heterocycles. The van der Waals surface area contributed by atoms with Crippen molar-refractivity contribution in [3.63, 3.8) is 0 Å². The molecule has 0 aliphatic carbocycles. The maximum atomic E-state index is 8.58. The number of rotatable bonds is 0. The molecule has 0 rings (SSSR count). The Morgan fingerprint density at radius 1 is 0.391 bits per heavy atom. The molecule has 0 amide bonds. The second kappa shape index (κ2) is 45.7. The maximum absolute atomic E-state index is 8.58. The topological polar surface area (TPSA) is 316 Å². The van der Waals surface area contributed by atoms with E-state index in [0.717, 1.165) is 0 Å². The van der Waals surface area contributed by atoms with E-state index in [1.54, 1.807) is 0 Å². The Labute approximate surface area is 228 Å². The molecule has 0 aromatic rings. The number of hydrogen-bond acceptors (Lipinski definition) is 15. The molecule has 23 heteroatoms. The van der Waals surface area contributed by atoms with Crippen LogP contribution in [0.4, 0.5) is 0 Å². The van der Waals surface area contributed by atoms with Crippen molar-refractivity contribution in [1.82, 2.24) is 0 Å². The van der Waals surface area contributed by atoms with Crippen LogP contribution in [0.5, 0.6) is 0 Å². The Morgan fingerprint density at radius 2 is 0.391 bits per heavy atom. The van der Waals surface area contributed by atoms with E-state index in [2.05, 4.69) is 0 Å². The van der Waals surface area contributed by atoms with E-state index < -0.39 is 93.1 Å². The minimum Gasteiger partial charge on any atom is 2.00 e. The van der Waals surface area contributed by atoms with E-state index in [0.29, 0.717) is 0 Å². The van der Waals surface area contributed by atoms with E-state index in [1.165, 1.54) is 0 Å². The van der Waals surface area contributed by atoms with Gasteiger partial charge in [0.25, 0.3) is 0 Å². The predicted molar refractivity (Wildman–Crippen MR) is 9.19 cm³/mol. The average Bonchev–Trinajstić information content (AvgIpc) is 1.94. The van der Waals surface area contributed by atoms with Crippen LogP contribution in [-0.4, -0.2) is 27.3 Å². The molecule has 0 spiro atoms. The number of hydrogen-bond donors (Lipinski definition) is 0. The molecule has 15 nitrogen and oxygen atoms in total. The van der Waals surface area contributed by atoms with Crippen LogP contribution in [0, 0.1) is 36.9 Å². The molecule has 0 bridgehead atoms. The van der Waals surface area contributed by atoms with Crippen molar-refractivity contribution in [2.24, 2.45) is 0 Å². The summed E-state index contributed by atoms with van der Waals surface area (Å²) < 4.78 is 129. The van der Waals surface area contributed by atoms with Crippen molar-refractivity contribution in [2.45, 2.75) is 0 Å². The Morgan fingerprint density at radius 3 is 0.391 bits per heavy atom. The van der Waals surface area contributed by atoms with Crippen molar-refractivity contribution in [3.05, 3.63) is 0 Å². The molecule has 23 heavy (non-hydrogen) atoms. The van der Waals surface area contributed by atoms with E-state index in [1.807, 2.05) is 0 Å². The first-order valence-corrected chi connectivity index (χ1v) is 12.6. The zero-order valence-corrected chi connectivity index (χ0v) is 25.4. The summed E-state index contributed by atoms with van der Waals surface area (Å²) in [4.78, 5) is 0. The van der Waals surface area contributed by atoms with Gasteiger partial charge >= 0.3 is 233 Å². The molecule has 0 fully saturated rings. The zero-order chi connectivity index (χ0) is 17.9. The van der Waals surface area contributed by atoms with Crippen molar-refractivity contribution >= 4 is 27.3 Å². The van der Waals surface area contributed by atoms with E-state index in [9.17, 15) is 0 Å². The Hall–Kier alpha value is 5.07. The van der Waals surface area contributed by atoms with Gasteiger partial charge in [-0.3, -0.25) is 0 Å². The fourth-order valence-electron chi connectivity index (χ4n) is 0. The SMILES string of the molecule is [Lu+3].[Nb+5].[O]=[Ti]([O-])[O-].[O]=[Ti]([O-])[O-].[O]=[Ti]([O-])[O-].[O]=[Ti]([O-])[O-].[O]=[Ti]([O-])[O-].[Pb+2]. The Kier molecular flexibility index (Phi) is 101. The van der Waals surface area contributed by atoms with Gasteiger partial charge in [0.15, 0.2) is 0 Å². The fourth-order valence-corrected chi connectivity index (χ4v) is 0. The Balaban J connectivity index is -0.0000000197. The molecule has 0 atom stereocenters. The summed E-state index contributed by atoms with van der Waals surface area (Å²) in [5.41, 5.74) is 0. The third-order valence-corrected chi connectivity index (χ3v) is 0. The molecule has 0 aromatic carbocycles. The van der Waals surface area contributed by atoms with Gasteiger partial charge < -0.3 is 0 Å². The van der Waals surface area contributed by atoms with E-state index >= 15 is 0 Å². The molecule has 0 aliphatic heterocycles. The predicted octanol–water partition coefficient (Wildman–Crippen LogP) is -12.9. The molecular formula is LuNbO15PbTi5. The average molecular weight is 954 g/mol. The standard InChI is InChI=1S/Lu.Nb.15O.Pb.5Ti/q+3;+5;;;;;;10*-1;+2;;;;;. The third kappa shape index (κ3) is 662. The molecule has 0 aromatic heterocycles. The molecule has 134 valence electrons. The smallest absolute Gasteiger partial charge is 2.00 e. The summed E-state index contributed by atoms with van der Waals surface area (Å²) in [7, 11) is 0. The van der Waals surface area contributed by atoms with Crippen molar-refractivity contribution in [1.29, 1.82) is 0 Å². The largest absolute Gasteiger partial charge is 2.00 e. The quantitative estimate of drug-likeness (QED) is 0.204. The van der Waals surface area contributed by atoms with Gasteiger partial charge in [-0.1, -0.05) is 0 Å². The second-order valence-electron chi connectivity index (χ2n) is 1.25. The van der Waals surface area contributed by atoms with Crippen LogP contribution in [0.25, 0.3) is 0 Å². The molecule has 2 radical (unpaired) electrons. The van der Waals surface area contributed by atoms with Crippen molar-refractivity contribution in [3.8, 4) is 0 Å². The van der Waals surface area contributed by atoms with Crippen LogP contribution >= 0.6 is 0 Å². The molecular weight excluding hydrogens is 954 g/mol. The molecule has 0 unspecified atom stereocenters. The first kappa shape index (κ1) is 51.1. The van der Waals surface area contributed by atoms with Crippen molar-refractivity contribution < 1.29 is 206 Å². The van der Waals surface area contributed by atoms with Gasteiger partial charge in [0.2, 0.25) is 0 Å². The molecule has 0 saturated carbocycles. The van der Waals surface area contributed by atoms with Gasteiger partial charge in [-0.25, -0.2) is 0 Å². The van der Waals surface area contributed by atoms with E-state index in [4.69, 9.17) is 53.5 Å². The van der Waals surface area contributed by atoms with Crippen LogP contribution < -0.4 is 36.9 Å². The van der Waals surface area contributed by atoms with Gasteiger partial charge in [-0.15, -0.1) is 0 Å². The summed E-state index contributed by atoms with van der Waals surface area (Å²) in [6.45, 7) is 0. The maximum Gasteiger partial charge on any atom is 2.00 e. The van der Waals surface area contributed by atoms with Crippen LogP contribution in [-0.2, 0) is 132 Å². The van der Waals surface area contributed by atoms with Crippen molar-refractivity contribution in [2.75, 3.05) is 0 Å². The van der Waals surface area contributed by atoms with Crippen LogP contribution in [0.1, 0.15) is 0 Å². The fraction of sp³-hybridized carbons (Fsp3) is 0. The normalized spacial score (nSPS) is 5.65. The van der Waals surface area contributed by atoms with Gasteiger partial charge in [-0.05, 0) is 0 Å². The summed E-state index contributed by atoms with van der Waals surface area (Å²) in [6, 6.07) is 0. The third-order valence-electron chi connectivity index (χ3n) is 0. The first-order valence-electron chi connectivity index (χ1n) is 3.06. The summed E-state index contributed by atoms with van der Waals surface area (Å²) in [5.74, 6) is 0. The molecule has 0 heterocycles. The van der Waals surface area contributed by atoms with Crippen LogP contribution in [0.2, 0.25) is 0 Å². The second-order valence-corrected chi connectivity index (χ2v) is 5.15. The Bertz CT molecular complexity index is 219. The van der Waals surface area contributed by atoms with E-state index in [-0.39, 0.29) is 86.6 Å². The minimum atomic E-state index is -4.08.